The summed E-state index contributed by atoms with van der Waals surface area (Å²) in [6.45, 7) is 1.89. The number of halogens is 3. The zero-order valence-corrected chi connectivity index (χ0v) is 13.0. The van der Waals surface area contributed by atoms with E-state index in [4.69, 9.17) is 23.2 Å². The van der Waals surface area contributed by atoms with Gasteiger partial charge < -0.3 is 5.32 Å². The topological polar surface area (TPSA) is 42.0 Å². The van der Waals surface area contributed by atoms with Crippen molar-refractivity contribution in [2.24, 2.45) is 0 Å². The van der Waals surface area contributed by atoms with Crippen molar-refractivity contribution in [3.63, 3.8) is 0 Å². The highest BCUT2D eigenvalue weighted by atomic mass is 79.9. The molecular weight excluding hydrogens is 351 g/mol. The molecule has 1 N–H and O–H groups in total. The Morgan fingerprint density at radius 3 is 2.74 bits per heavy atom. The number of nitrogens with one attached hydrogen (secondary N) is 1. The number of carbonyl (C=O) groups excluding carboxylic acids is 1. The molecule has 2 rings (SSSR count). The third-order valence-corrected chi connectivity index (χ3v) is 3.62. The second kappa shape index (κ2) is 5.90. The Labute approximate surface area is 129 Å². The van der Waals surface area contributed by atoms with Crippen LogP contribution in [0.3, 0.4) is 0 Å². The Morgan fingerprint density at radius 2 is 2.05 bits per heavy atom. The molecule has 0 bridgehead atoms. The number of aromatic nitrogens is 1. The fraction of sp³-hybridized carbons (Fsp3) is 0.0769. The van der Waals surface area contributed by atoms with Gasteiger partial charge in [-0.1, -0.05) is 29.3 Å². The number of carbonyl (C=O) groups is 1. The summed E-state index contributed by atoms with van der Waals surface area (Å²) >= 11 is 15.1. The highest BCUT2D eigenvalue weighted by Crippen LogP contribution is 2.22. The van der Waals surface area contributed by atoms with Gasteiger partial charge in [-0.15, -0.1) is 0 Å². The Balaban J connectivity index is 2.25. The van der Waals surface area contributed by atoms with Crippen LogP contribution in [0.15, 0.2) is 34.9 Å². The summed E-state index contributed by atoms with van der Waals surface area (Å²) in [5.74, 6) is -0.335. The van der Waals surface area contributed by atoms with Crippen LogP contribution in [0.5, 0.6) is 0 Å². The molecular formula is C13H9BrCl2N2O. The lowest BCUT2D eigenvalue weighted by Gasteiger charge is -2.08. The van der Waals surface area contributed by atoms with Crippen molar-refractivity contribution < 1.29 is 4.79 Å². The van der Waals surface area contributed by atoms with Crippen LogP contribution in [0.4, 0.5) is 5.69 Å². The van der Waals surface area contributed by atoms with Crippen LogP contribution in [0.1, 0.15) is 15.9 Å². The zero-order valence-electron chi connectivity index (χ0n) is 9.88. The maximum absolute atomic E-state index is 12.1. The predicted octanol–water partition coefficient (Wildman–Crippen LogP) is 4.71. The fourth-order valence-electron chi connectivity index (χ4n) is 1.45. The normalized spacial score (nSPS) is 10.3. The first-order valence-corrected chi connectivity index (χ1v) is 6.91. The quantitative estimate of drug-likeness (QED) is 0.789. The Bertz CT molecular complexity index is 647. The number of pyridine rings is 1. The first-order valence-electron chi connectivity index (χ1n) is 5.36. The van der Waals surface area contributed by atoms with Crippen molar-refractivity contribution in [3.8, 4) is 0 Å². The van der Waals surface area contributed by atoms with E-state index in [0.29, 0.717) is 20.7 Å². The average Bonchev–Trinajstić information content (AvgIpc) is 2.36. The Kier molecular flexibility index (Phi) is 4.45. The van der Waals surface area contributed by atoms with Crippen LogP contribution in [-0.2, 0) is 0 Å². The number of anilines is 1. The molecule has 0 aliphatic rings. The minimum Gasteiger partial charge on any atom is -0.322 e. The van der Waals surface area contributed by atoms with E-state index in [0.717, 1.165) is 5.56 Å². The number of hydrogen-bond acceptors (Lipinski definition) is 2. The summed E-state index contributed by atoms with van der Waals surface area (Å²) < 4.78 is 0.684. The molecule has 0 spiro atoms. The molecule has 0 radical (unpaired) electrons. The minimum atomic E-state index is -0.335. The van der Waals surface area contributed by atoms with Crippen molar-refractivity contribution >= 4 is 50.7 Å². The molecule has 2 aromatic rings. The Hall–Kier alpha value is -1.10. The van der Waals surface area contributed by atoms with E-state index in [-0.39, 0.29) is 11.1 Å². The molecule has 1 heterocycles. The number of hydrogen-bond donors (Lipinski definition) is 1. The smallest absolute Gasteiger partial charge is 0.258 e. The molecule has 1 aromatic heterocycles. The van der Waals surface area contributed by atoms with Crippen LogP contribution in [-0.4, -0.2) is 10.9 Å². The summed E-state index contributed by atoms with van der Waals surface area (Å²) in [5, 5.41) is 3.47. The molecule has 0 unspecified atom stereocenters. The van der Waals surface area contributed by atoms with Crippen molar-refractivity contribution in [1.82, 2.24) is 4.98 Å². The monoisotopic (exact) mass is 358 g/mol. The van der Waals surface area contributed by atoms with E-state index in [1.807, 2.05) is 13.0 Å². The highest BCUT2D eigenvalue weighted by Gasteiger charge is 2.12. The van der Waals surface area contributed by atoms with Gasteiger partial charge >= 0.3 is 0 Å². The molecule has 1 aromatic carbocycles. The largest absolute Gasteiger partial charge is 0.322 e. The van der Waals surface area contributed by atoms with E-state index in [1.54, 1.807) is 18.2 Å². The van der Waals surface area contributed by atoms with Gasteiger partial charge in [-0.2, -0.15) is 0 Å². The fourth-order valence-corrected chi connectivity index (χ4v) is 2.15. The van der Waals surface area contributed by atoms with Crippen LogP contribution >= 0.6 is 39.1 Å². The van der Waals surface area contributed by atoms with E-state index in [2.05, 4.69) is 26.2 Å². The second-order valence-corrected chi connectivity index (χ2v) is 5.59. The van der Waals surface area contributed by atoms with Gasteiger partial charge in [-0.05, 0) is 46.6 Å². The van der Waals surface area contributed by atoms with Gasteiger partial charge in [0.25, 0.3) is 5.91 Å². The molecule has 0 aliphatic heterocycles. The third-order valence-electron chi connectivity index (χ3n) is 2.48. The lowest BCUT2D eigenvalue weighted by molar-refractivity contribution is 0.102. The number of nitrogens with zero attached hydrogens (tertiary/aromatic N) is 1. The number of benzene rings is 1. The summed E-state index contributed by atoms with van der Waals surface area (Å²) in [7, 11) is 0. The minimum absolute atomic E-state index is 0.152. The first kappa shape index (κ1) is 14.3. The summed E-state index contributed by atoms with van der Waals surface area (Å²) in [5.41, 5.74) is 1.85. The molecule has 6 heteroatoms. The number of amides is 1. The first-order chi connectivity index (χ1) is 8.97. The predicted molar refractivity (Wildman–Crippen MR) is 81.1 cm³/mol. The van der Waals surface area contributed by atoms with Crippen molar-refractivity contribution in [3.05, 3.63) is 56.2 Å². The van der Waals surface area contributed by atoms with Crippen molar-refractivity contribution in [1.29, 1.82) is 0 Å². The van der Waals surface area contributed by atoms with Gasteiger partial charge in [0.05, 0.1) is 5.56 Å². The van der Waals surface area contributed by atoms with Gasteiger partial charge in [0.15, 0.2) is 0 Å². The molecule has 0 aliphatic carbocycles. The summed E-state index contributed by atoms with van der Waals surface area (Å²) in [4.78, 5) is 16.0. The van der Waals surface area contributed by atoms with Gasteiger partial charge in [-0.3, -0.25) is 4.79 Å². The lowest BCUT2D eigenvalue weighted by atomic mass is 10.2. The van der Waals surface area contributed by atoms with E-state index < -0.39 is 0 Å². The molecule has 98 valence electrons. The van der Waals surface area contributed by atoms with Gasteiger partial charge in [-0.25, -0.2) is 4.98 Å². The van der Waals surface area contributed by atoms with Gasteiger partial charge in [0.2, 0.25) is 0 Å². The zero-order chi connectivity index (χ0) is 14.0. The van der Waals surface area contributed by atoms with E-state index >= 15 is 0 Å². The van der Waals surface area contributed by atoms with Crippen LogP contribution in [0.25, 0.3) is 0 Å². The van der Waals surface area contributed by atoms with Crippen molar-refractivity contribution in [2.45, 2.75) is 6.92 Å². The van der Waals surface area contributed by atoms with Gasteiger partial charge in [0, 0.05) is 21.4 Å². The third kappa shape index (κ3) is 3.47. The highest BCUT2D eigenvalue weighted by molar-refractivity contribution is 9.10. The lowest BCUT2D eigenvalue weighted by Crippen LogP contribution is -2.13. The molecule has 1 amide bonds. The summed E-state index contributed by atoms with van der Waals surface area (Å²) in [6.07, 6.45) is 1.53. The SMILES string of the molecule is Cc1ccc(NC(=O)c2cc(Br)cnc2Cl)cc1Cl. The standard InChI is InChI=1S/C13H9BrCl2N2O/c1-7-2-3-9(5-11(7)15)18-13(19)10-4-8(14)6-17-12(10)16/h2-6H,1H3,(H,18,19). The second-order valence-electron chi connectivity index (χ2n) is 3.91. The molecule has 0 saturated carbocycles. The Morgan fingerprint density at radius 1 is 1.32 bits per heavy atom. The molecule has 0 fully saturated rings. The maximum atomic E-state index is 12.1. The molecule has 0 saturated heterocycles. The maximum Gasteiger partial charge on any atom is 0.258 e. The summed E-state index contributed by atoms with van der Waals surface area (Å²) in [6, 6.07) is 6.91. The van der Waals surface area contributed by atoms with E-state index in [1.165, 1.54) is 6.20 Å². The van der Waals surface area contributed by atoms with Crippen LogP contribution in [0, 0.1) is 6.92 Å². The van der Waals surface area contributed by atoms with Crippen LogP contribution in [0.2, 0.25) is 10.2 Å². The van der Waals surface area contributed by atoms with Gasteiger partial charge in [0.1, 0.15) is 5.15 Å². The number of aryl methyl sites for hydroxylation is 1. The molecule has 19 heavy (non-hydrogen) atoms. The van der Waals surface area contributed by atoms with E-state index in [9.17, 15) is 4.79 Å². The number of rotatable bonds is 2. The molecule has 3 nitrogen and oxygen atoms in total. The molecule has 0 atom stereocenters. The average molecular weight is 360 g/mol. The van der Waals surface area contributed by atoms with Crippen LogP contribution < -0.4 is 5.32 Å². The van der Waals surface area contributed by atoms with Crippen molar-refractivity contribution in [2.75, 3.05) is 5.32 Å².